The minimum atomic E-state index is -0.148. The molecule has 78 valence electrons. The van der Waals surface area contributed by atoms with Crippen LogP contribution in [0.4, 0.5) is 5.82 Å². The van der Waals surface area contributed by atoms with Crippen molar-refractivity contribution in [2.24, 2.45) is 0 Å². The molecule has 0 aliphatic rings. The minimum absolute atomic E-state index is 0.148. The number of nitrogen functional groups attached to an aromatic ring is 1. The molecular formula is C9H16N4O. The first-order chi connectivity index (χ1) is 6.74. The van der Waals surface area contributed by atoms with Crippen molar-refractivity contribution < 1.29 is 4.79 Å². The molecule has 0 saturated carbocycles. The highest BCUT2D eigenvalue weighted by Gasteiger charge is 2.06. The van der Waals surface area contributed by atoms with E-state index in [9.17, 15) is 4.79 Å². The van der Waals surface area contributed by atoms with E-state index < -0.39 is 0 Å². The van der Waals surface area contributed by atoms with Crippen LogP contribution in [-0.4, -0.2) is 22.6 Å². The third-order valence-electron chi connectivity index (χ3n) is 1.91. The summed E-state index contributed by atoms with van der Waals surface area (Å²) in [6.45, 7) is 2.82. The number of hydrogen-bond acceptors (Lipinski definition) is 3. The van der Waals surface area contributed by atoms with Gasteiger partial charge in [0.15, 0.2) is 0 Å². The van der Waals surface area contributed by atoms with Crippen LogP contribution in [0.5, 0.6) is 0 Å². The third-order valence-corrected chi connectivity index (χ3v) is 1.91. The number of aromatic amines is 1. The minimum Gasteiger partial charge on any atom is -0.382 e. The molecule has 0 aliphatic carbocycles. The number of carbonyl (C=O) groups excluding carboxylic acids is 1. The first-order valence-corrected chi connectivity index (χ1v) is 4.83. The van der Waals surface area contributed by atoms with Gasteiger partial charge >= 0.3 is 0 Å². The van der Waals surface area contributed by atoms with E-state index in [1.807, 2.05) is 0 Å². The van der Waals surface area contributed by atoms with E-state index in [2.05, 4.69) is 22.4 Å². The summed E-state index contributed by atoms with van der Waals surface area (Å²) in [5.41, 5.74) is 5.79. The van der Waals surface area contributed by atoms with Gasteiger partial charge in [-0.3, -0.25) is 9.89 Å². The highest BCUT2D eigenvalue weighted by atomic mass is 16.1. The van der Waals surface area contributed by atoms with Crippen molar-refractivity contribution in [1.82, 2.24) is 15.5 Å². The van der Waals surface area contributed by atoms with Crippen molar-refractivity contribution in [3.63, 3.8) is 0 Å². The van der Waals surface area contributed by atoms with E-state index in [1.54, 1.807) is 0 Å². The van der Waals surface area contributed by atoms with Crippen LogP contribution >= 0.6 is 0 Å². The van der Waals surface area contributed by atoms with Crippen LogP contribution in [0.2, 0.25) is 0 Å². The molecule has 5 nitrogen and oxygen atoms in total. The first-order valence-electron chi connectivity index (χ1n) is 4.83. The Hall–Kier alpha value is -1.52. The summed E-state index contributed by atoms with van der Waals surface area (Å²) >= 11 is 0. The Balaban J connectivity index is 2.29. The first kappa shape index (κ1) is 10.6. The zero-order valence-corrected chi connectivity index (χ0v) is 8.34. The number of carbonyl (C=O) groups is 1. The second-order valence-corrected chi connectivity index (χ2v) is 3.17. The number of nitrogens with two attached hydrogens (primary N) is 1. The Kier molecular flexibility index (Phi) is 3.97. The van der Waals surface area contributed by atoms with Gasteiger partial charge < -0.3 is 11.1 Å². The molecule has 14 heavy (non-hydrogen) atoms. The van der Waals surface area contributed by atoms with Crippen molar-refractivity contribution in [2.45, 2.75) is 26.2 Å². The Morgan fingerprint density at radius 1 is 1.64 bits per heavy atom. The topological polar surface area (TPSA) is 83.8 Å². The maximum Gasteiger partial charge on any atom is 0.269 e. The van der Waals surface area contributed by atoms with E-state index in [-0.39, 0.29) is 5.91 Å². The molecule has 4 N–H and O–H groups in total. The number of anilines is 1. The van der Waals surface area contributed by atoms with Crippen LogP contribution in [0.15, 0.2) is 6.07 Å². The lowest BCUT2D eigenvalue weighted by atomic mass is 10.2. The standard InChI is InChI=1S/C9H16N4O/c1-2-3-4-5-11-9(14)7-6-8(10)13-12-7/h6H,2-5H2,1H3,(H,11,14)(H3,10,12,13). The van der Waals surface area contributed by atoms with Gasteiger partial charge in [0.05, 0.1) is 0 Å². The second kappa shape index (κ2) is 5.26. The predicted octanol–water partition coefficient (Wildman–Crippen LogP) is 0.912. The maximum absolute atomic E-state index is 11.4. The molecule has 0 aliphatic heterocycles. The van der Waals surface area contributed by atoms with Gasteiger partial charge in [-0.25, -0.2) is 0 Å². The highest BCUT2D eigenvalue weighted by molar-refractivity contribution is 5.92. The molecule has 1 aromatic rings. The van der Waals surface area contributed by atoms with E-state index in [0.29, 0.717) is 18.1 Å². The van der Waals surface area contributed by atoms with Gasteiger partial charge in [0.25, 0.3) is 5.91 Å². The Morgan fingerprint density at radius 3 is 3.00 bits per heavy atom. The summed E-state index contributed by atoms with van der Waals surface area (Å²) in [4.78, 5) is 11.4. The van der Waals surface area contributed by atoms with Gasteiger partial charge in [-0.1, -0.05) is 19.8 Å². The van der Waals surface area contributed by atoms with Crippen LogP contribution in [0.3, 0.4) is 0 Å². The average Bonchev–Trinajstić information content (AvgIpc) is 2.59. The van der Waals surface area contributed by atoms with E-state index in [1.165, 1.54) is 6.07 Å². The average molecular weight is 196 g/mol. The lowest BCUT2D eigenvalue weighted by molar-refractivity contribution is 0.0948. The fourth-order valence-corrected chi connectivity index (χ4v) is 1.13. The van der Waals surface area contributed by atoms with Crippen molar-refractivity contribution in [2.75, 3.05) is 12.3 Å². The number of aromatic nitrogens is 2. The van der Waals surface area contributed by atoms with E-state index in [4.69, 9.17) is 5.73 Å². The Labute approximate surface area is 83.1 Å². The lowest BCUT2D eigenvalue weighted by Crippen LogP contribution is -2.24. The molecule has 0 bridgehead atoms. The number of unbranched alkanes of at least 4 members (excludes halogenated alkanes) is 2. The van der Waals surface area contributed by atoms with Gasteiger partial charge in [0.1, 0.15) is 11.5 Å². The Morgan fingerprint density at radius 2 is 2.43 bits per heavy atom. The number of H-pyrrole nitrogens is 1. The molecular weight excluding hydrogens is 180 g/mol. The van der Waals surface area contributed by atoms with E-state index >= 15 is 0 Å². The van der Waals surface area contributed by atoms with Gasteiger partial charge in [0.2, 0.25) is 0 Å². The quantitative estimate of drug-likeness (QED) is 0.612. The molecule has 1 amide bonds. The summed E-state index contributed by atoms with van der Waals surface area (Å²) in [5.74, 6) is 0.189. The van der Waals surface area contributed by atoms with Gasteiger partial charge in [0, 0.05) is 12.6 Å². The number of nitrogens with zero attached hydrogens (tertiary/aromatic N) is 1. The molecule has 1 aromatic heterocycles. The zero-order chi connectivity index (χ0) is 10.4. The zero-order valence-electron chi connectivity index (χ0n) is 8.34. The SMILES string of the molecule is CCCCCNC(=O)c1cc(N)n[nH]1. The summed E-state index contributed by atoms with van der Waals surface area (Å²) in [7, 11) is 0. The van der Waals surface area contributed by atoms with Crippen LogP contribution in [0.25, 0.3) is 0 Å². The van der Waals surface area contributed by atoms with Crippen molar-refractivity contribution in [3.8, 4) is 0 Å². The molecule has 0 spiro atoms. The van der Waals surface area contributed by atoms with Crippen LogP contribution in [0, 0.1) is 0 Å². The largest absolute Gasteiger partial charge is 0.382 e. The molecule has 0 fully saturated rings. The number of nitrogens with one attached hydrogen (secondary N) is 2. The molecule has 1 heterocycles. The molecule has 0 radical (unpaired) electrons. The van der Waals surface area contributed by atoms with Crippen LogP contribution in [-0.2, 0) is 0 Å². The molecule has 0 unspecified atom stereocenters. The molecule has 0 atom stereocenters. The van der Waals surface area contributed by atoms with Crippen LogP contribution in [0.1, 0.15) is 36.7 Å². The fourth-order valence-electron chi connectivity index (χ4n) is 1.13. The summed E-state index contributed by atoms with van der Waals surface area (Å²) in [6, 6.07) is 1.52. The van der Waals surface area contributed by atoms with Crippen molar-refractivity contribution >= 4 is 11.7 Å². The number of hydrogen-bond donors (Lipinski definition) is 3. The highest BCUT2D eigenvalue weighted by Crippen LogP contribution is 2.00. The normalized spacial score (nSPS) is 10.1. The lowest BCUT2D eigenvalue weighted by Gasteiger charge is -2.01. The van der Waals surface area contributed by atoms with Gasteiger partial charge in [-0.15, -0.1) is 0 Å². The van der Waals surface area contributed by atoms with Gasteiger partial charge in [-0.05, 0) is 6.42 Å². The molecule has 5 heteroatoms. The fraction of sp³-hybridized carbons (Fsp3) is 0.556. The monoisotopic (exact) mass is 196 g/mol. The second-order valence-electron chi connectivity index (χ2n) is 3.17. The summed E-state index contributed by atoms with van der Waals surface area (Å²) < 4.78 is 0. The summed E-state index contributed by atoms with van der Waals surface area (Å²) in [5, 5.41) is 9.01. The number of rotatable bonds is 5. The van der Waals surface area contributed by atoms with E-state index in [0.717, 1.165) is 19.3 Å². The van der Waals surface area contributed by atoms with Crippen molar-refractivity contribution in [3.05, 3.63) is 11.8 Å². The molecule has 0 saturated heterocycles. The molecule has 0 aromatic carbocycles. The molecule has 1 rings (SSSR count). The third kappa shape index (κ3) is 3.08. The maximum atomic E-state index is 11.4. The summed E-state index contributed by atoms with van der Waals surface area (Å²) in [6.07, 6.45) is 3.28. The Bertz CT molecular complexity index is 295. The number of amides is 1. The van der Waals surface area contributed by atoms with Crippen LogP contribution < -0.4 is 11.1 Å². The smallest absolute Gasteiger partial charge is 0.269 e. The van der Waals surface area contributed by atoms with Crippen molar-refractivity contribution in [1.29, 1.82) is 0 Å². The van der Waals surface area contributed by atoms with Gasteiger partial charge in [-0.2, -0.15) is 5.10 Å². The predicted molar refractivity (Wildman–Crippen MR) is 54.9 cm³/mol.